The Morgan fingerprint density at radius 3 is 2.62 bits per heavy atom. The first-order chi connectivity index (χ1) is 10.0. The zero-order valence-electron chi connectivity index (χ0n) is 11.7. The lowest BCUT2D eigenvalue weighted by atomic mass is 10.2. The highest BCUT2D eigenvalue weighted by molar-refractivity contribution is 7.92. The molecule has 0 radical (unpaired) electrons. The number of benzene rings is 2. The van der Waals surface area contributed by atoms with E-state index in [1.807, 2.05) is 6.92 Å². The summed E-state index contributed by atoms with van der Waals surface area (Å²) in [7, 11) is -3.64. The molecule has 0 fully saturated rings. The first-order valence-corrected chi connectivity index (χ1v) is 8.08. The van der Waals surface area contributed by atoms with Crippen molar-refractivity contribution < 1.29 is 13.2 Å². The topological polar surface area (TPSA) is 81.4 Å². The van der Waals surface area contributed by atoms with E-state index in [0.29, 0.717) is 24.6 Å². The standard InChI is InChI=1S/C15H18N2O3S/c1-2-20-14-7-4-6-13(10-14)17-21(18,19)15-8-3-5-12(9-15)11-16/h3-10,17H,2,11,16H2,1H3. The fourth-order valence-corrected chi connectivity index (χ4v) is 2.99. The van der Waals surface area contributed by atoms with E-state index in [9.17, 15) is 8.42 Å². The van der Waals surface area contributed by atoms with Gasteiger partial charge in [0.2, 0.25) is 0 Å². The summed E-state index contributed by atoms with van der Waals surface area (Å²) in [6, 6.07) is 13.4. The smallest absolute Gasteiger partial charge is 0.261 e. The summed E-state index contributed by atoms with van der Waals surface area (Å²) in [4.78, 5) is 0.187. The normalized spacial score (nSPS) is 11.1. The number of nitrogens with two attached hydrogens (primary N) is 1. The van der Waals surface area contributed by atoms with Crippen molar-refractivity contribution in [3.8, 4) is 5.75 Å². The number of hydrogen-bond acceptors (Lipinski definition) is 4. The van der Waals surface area contributed by atoms with Gasteiger partial charge in [-0.05, 0) is 36.8 Å². The number of nitrogens with one attached hydrogen (secondary N) is 1. The van der Waals surface area contributed by atoms with Crippen molar-refractivity contribution in [3.05, 3.63) is 54.1 Å². The Kier molecular flexibility index (Phi) is 4.82. The molecule has 3 N–H and O–H groups in total. The Morgan fingerprint density at radius 2 is 1.90 bits per heavy atom. The molecule has 0 heterocycles. The summed E-state index contributed by atoms with van der Waals surface area (Å²) in [6.07, 6.45) is 0. The summed E-state index contributed by atoms with van der Waals surface area (Å²) >= 11 is 0. The molecule has 5 nitrogen and oxygen atoms in total. The molecule has 0 saturated carbocycles. The van der Waals surface area contributed by atoms with Gasteiger partial charge in [0.25, 0.3) is 10.0 Å². The van der Waals surface area contributed by atoms with Gasteiger partial charge in [0.05, 0.1) is 17.2 Å². The van der Waals surface area contributed by atoms with Gasteiger partial charge >= 0.3 is 0 Å². The van der Waals surface area contributed by atoms with Crippen molar-refractivity contribution in [2.24, 2.45) is 5.73 Å². The average molecular weight is 306 g/mol. The molecule has 0 spiro atoms. The number of anilines is 1. The minimum Gasteiger partial charge on any atom is -0.494 e. The van der Waals surface area contributed by atoms with E-state index in [-0.39, 0.29) is 4.90 Å². The van der Waals surface area contributed by atoms with Crippen LogP contribution >= 0.6 is 0 Å². The molecule has 21 heavy (non-hydrogen) atoms. The van der Waals surface area contributed by atoms with Crippen LogP contribution in [0.1, 0.15) is 12.5 Å². The van der Waals surface area contributed by atoms with E-state index < -0.39 is 10.0 Å². The maximum absolute atomic E-state index is 12.3. The second-order valence-electron chi connectivity index (χ2n) is 4.42. The number of sulfonamides is 1. The van der Waals surface area contributed by atoms with E-state index in [1.54, 1.807) is 42.5 Å². The molecule has 6 heteroatoms. The van der Waals surface area contributed by atoms with E-state index >= 15 is 0 Å². The molecule has 0 bridgehead atoms. The second-order valence-corrected chi connectivity index (χ2v) is 6.10. The summed E-state index contributed by atoms with van der Waals surface area (Å²) in [5, 5.41) is 0. The number of hydrogen-bond donors (Lipinski definition) is 2. The third-order valence-electron chi connectivity index (χ3n) is 2.84. The first-order valence-electron chi connectivity index (χ1n) is 6.60. The summed E-state index contributed by atoms with van der Waals surface area (Å²) in [5.74, 6) is 0.619. The molecule has 0 amide bonds. The van der Waals surface area contributed by atoms with E-state index in [1.165, 1.54) is 6.07 Å². The third kappa shape index (κ3) is 3.96. The predicted molar refractivity (Wildman–Crippen MR) is 82.8 cm³/mol. The molecular weight excluding hydrogens is 288 g/mol. The quantitative estimate of drug-likeness (QED) is 0.858. The molecule has 112 valence electrons. The summed E-state index contributed by atoms with van der Waals surface area (Å²) in [6.45, 7) is 2.69. The largest absolute Gasteiger partial charge is 0.494 e. The SMILES string of the molecule is CCOc1cccc(NS(=O)(=O)c2cccc(CN)c2)c1. The van der Waals surface area contributed by atoms with Crippen molar-refractivity contribution in [1.82, 2.24) is 0 Å². The third-order valence-corrected chi connectivity index (χ3v) is 4.22. The lowest BCUT2D eigenvalue weighted by Crippen LogP contribution is -2.13. The predicted octanol–water partition coefficient (Wildman–Crippen LogP) is 2.34. The van der Waals surface area contributed by atoms with Crippen molar-refractivity contribution in [2.45, 2.75) is 18.4 Å². The van der Waals surface area contributed by atoms with E-state index in [2.05, 4.69) is 4.72 Å². The van der Waals surface area contributed by atoms with Gasteiger partial charge in [-0.15, -0.1) is 0 Å². The maximum Gasteiger partial charge on any atom is 0.261 e. The van der Waals surface area contributed by atoms with Crippen LogP contribution in [0.3, 0.4) is 0 Å². The van der Waals surface area contributed by atoms with Gasteiger partial charge in [0.15, 0.2) is 0 Å². The molecular formula is C15H18N2O3S. The van der Waals surface area contributed by atoms with E-state index in [0.717, 1.165) is 5.56 Å². The van der Waals surface area contributed by atoms with Crippen LogP contribution in [0.2, 0.25) is 0 Å². The van der Waals surface area contributed by atoms with Crippen molar-refractivity contribution in [3.63, 3.8) is 0 Å². The lowest BCUT2D eigenvalue weighted by molar-refractivity contribution is 0.340. The monoisotopic (exact) mass is 306 g/mol. The molecule has 0 unspecified atom stereocenters. The highest BCUT2D eigenvalue weighted by Gasteiger charge is 2.14. The Morgan fingerprint density at radius 1 is 1.14 bits per heavy atom. The number of rotatable bonds is 6. The molecule has 0 aliphatic heterocycles. The minimum absolute atomic E-state index is 0.187. The van der Waals surface area contributed by atoms with Gasteiger partial charge in [0, 0.05) is 12.6 Å². The molecule has 0 aromatic heterocycles. The van der Waals surface area contributed by atoms with Crippen LogP contribution in [0.25, 0.3) is 0 Å². The van der Waals surface area contributed by atoms with Gasteiger partial charge in [0.1, 0.15) is 5.75 Å². The van der Waals surface area contributed by atoms with Crippen molar-refractivity contribution >= 4 is 15.7 Å². The highest BCUT2D eigenvalue weighted by Crippen LogP contribution is 2.21. The van der Waals surface area contributed by atoms with Crippen LogP contribution in [0.5, 0.6) is 5.75 Å². The molecule has 0 aliphatic rings. The zero-order chi connectivity index (χ0) is 15.3. The fourth-order valence-electron chi connectivity index (χ4n) is 1.87. The summed E-state index contributed by atoms with van der Waals surface area (Å²) < 4.78 is 32.6. The van der Waals surface area contributed by atoms with E-state index in [4.69, 9.17) is 10.5 Å². The van der Waals surface area contributed by atoms with Crippen LogP contribution in [-0.2, 0) is 16.6 Å². The Balaban J connectivity index is 2.26. The van der Waals surface area contributed by atoms with Crippen LogP contribution in [-0.4, -0.2) is 15.0 Å². The molecule has 2 rings (SSSR count). The lowest BCUT2D eigenvalue weighted by Gasteiger charge is -2.10. The van der Waals surface area contributed by atoms with Crippen LogP contribution in [0.15, 0.2) is 53.4 Å². The Labute approximate surface area is 124 Å². The summed E-state index contributed by atoms with van der Waals surface area (Å²) in [5.41, 5.74) is 6.76. The fraction of sp³-hybridized carbons (Fsp3) is 0.200. The van der Waals surface area contributed by atoms with Crippen LogP contribution in [0.4, 0.5) is 5.69 Å². The van der Waals surface area contributed by atoms with Crippen LogP contribution in [0, 0.1) is 0 Å². The molecule has 2 aromatic rings. The zero-order valence-corrected chi connectivity index (χ0v) is 12.6. The van der Waals surface area contributed by atoms with Crippen molar-refractivity contribution in [1.29, 1.82) is 0 Å². The number of ether oxygens (including phenoxy) is 1. The molecule has 0 aliphatic carbocycles. The first kappa shape index (κ1) is 15.3. The van der Waals surface area contributed by atoms with Gasteiger partial charge in [-0.25, -0.2) is 8.42 Å². The van der Waals surface area contributed by atoms with Crippen molar-refractivity contribution in [2.75, 3.05) is 11.3 Å². The molecule has 2 aromatic carbocycles. The minimum atomic E-state index is -3.64. The molecule has 0 saturated heterocycles. The van der Waals surface area contributed by atoms with Crippen LogP contribution < -0.4 is 15.2 Å². The maximum atomic E-state index is 12.3. The Hall–Kier alpha value is -2.05. The highest BCUT2D eigenvalue weighted by atomic mass is 32.2. The van der Waals surface area contributed by atoms with Gasteiger partial charge in [-0.1, -0.05) is 18.2 Å². The van der Waals surface area contributed by atoms with Gasteiger partial charge < -0.3 is 10.5 Å². The van der Waals surface area contributed by atoms with Gasteiger partial charge in [-0.3, -0.25) is 4.72 Å². The molecule has 0 atom stereocenters. The second kappa shape index (κ2) is 6.60. The average Bonchev–Trinajstić information content (AvgIpc) is 2.47. The Bertz CT molecular complexity index is 714. The van der Waals surface area contributed by atoms with Gasteiger partial charge in [-0.2, -0.15) is 0 Å².